The molecule has 0 N–H and O–H groups in total. The summed E-state index contributed by atoms with van der Waals surface area (Å²) in [5, 5.41) is 0. The number of hydrogen-bond donors (Lipinski definition) is 0. The van der Waals surface area contributed by atoms with E-state index < -0.39 is 6.04 Å². The van der Waals surface area contributed by atoms with E-state index in [0.29, 0.717) is 11.5 Å². The molecule has 3 heterocycles. The molecule has 3 aromatic rings. The molecule has 0 saturated carbocycles. The number of methoxy groups -OCH3 is 3. The molecule has 0 aliphatic carbocycles. The monoisotopic (exact) mass is 462 g/mol. The van der Waals surface area contributed by atoms with Crippen LogP contribution in [0.3, 0.4) is 0 Å². The van der Waals surface area contributed by atoms with E-state index in [1.54, 1.807) is 20.5 Å². The van der Waals surface area contributed by atoms with Crippen LogP contribution in [-0.2, 0) is 22.4 Å². The van der Waals surface area contributed by atoms with Crippen molar-refractivity contribution in [1.29, 1.82) is 0 Å². The Morgan fingerprint density at radius 3 is 2.59 bits per heavy atom. The lowest BCUT2D eigenvalue weighted by Gasteiger charge is -2.37. The number of carbonyl (C=O) groups excluding carboxylic acids is 1. The van der Waals surface area contributed by atoms with Crippen LogP contribution < -0.4 is 9.47 Å². The Morgan fingerprint density at radius 1 is 1.03 bits per heavy atom. The van der Waals surface area contributed by atoms with Gasteiger partial charge in [-0.25, -0.2) is 0 Å². The van der Waals surface area contributed by atoms with E-state index in [1.807, 2.05) is 24.3 Å². The van der Waals surface area contributed by atoms with Gasteiger partial charge in [0.1, 0.15) is 11.8 Å². The maximum absolute atomic E-state index is 13.1. The number of rotatable bonds is 7. The smallest absolute Gasteiger partial charge is 0.325 e. The average Bonchev–Trinajstić information content (AvgIpc) is 3.52. The van der Waals surface area contributed by atoms with Crippen molar-refractivity contribution in [3.8, 4) is 11.5 Å². The number of esters is 1. The molecule has 1 fully saturated rings. The minimum Gasteiger partial charge on any atom is -0.493 e. The Labute approximate surface area is 199 Å². The van der Waals surface area contributed by atoms with Crippen molar-refractivity contribution in [1.82, 2.24) is 9.80 Å². The number of furan rings is 1. The highest BCUT2D eigenvalue weighted by Gasteiger charge is 2.54. The van der Waals surface area contributed by atoms with Gasteiger partial charge in [-0.05, 0) is 53.8 Å². The van der Waals surface area contributed by atoms with E-state index in [-0.39, 0.29) is 18.2 Å². The molecule has 0 radical (unpaired) electrons. The number of carbonyl (C=O) groups is 1. The fraction of sp³-hybridized carbons (Fsp3) is 0.370. The van der Waals surface area contributed by atoms with Gasteiger partial charge < -0.3 is 18.6 Å². The van der Waals surface area contributed by atoms with Crippen LogP contribution in [0.4, 0.5) is 0 Å². The minimum atomic E-state index is -0.445. The third kappa shape index (κ3) is 3.85. The summed E-state index contributed by atoms with van der Waals surface area (Å²) in [5.74, 6) is 1.95. The van der Waals surface area contributed by atoms with E-state index in [1.165, 1.54) is 18.2 Å². The van der Waals surface area contributed by atoms with Gasteiger partial charge in [-0.1, -0.05) is 30.3 Å². The normalized spacial score (nSPS) is 22.1. The molecule has 7 nitrogen and oxygen atoms in total. The van der Waals surface area contributed by atoms with Crippen LogP contribution >= 0.6 is 0 Å². The largest absolute Gasteiger partial charge is 0.493 e. The Balaban J connectivity index is 1.54. The zero-order valence-electron chi connectivity index (χ0n) is 19.8. The van der Waals surface area contributed by atoms with Crippen LogP contribution in [0.5, 0.6) is 11.5 Å². The van der Waals surface area contributed by atoms with Crippen LogP contribution in [0.2, 0.25) is 0 Å². The van der Waals surface area contributed by atoms with Crippen molar-refractivity contribution in [2.75, 3.05) is 34.4 Å². The predicted molar refractivity (Wildman–Crippen MR) is 127 cm³/mol. The molecule has 0 spiro atoms. The van der Waals surface area contributed by atoms with Gasteiger partial charge in [-0.3, -0.25) is 14.6 Å². The van der Waals surface area contributed by atoms with Gasteiger partial charge in [0.2, 0.25) is 0 Å². The first-order chi connectivity index (χ1) is 16.7. The third-order valence-corrected chi connectivity index (χ3v) is 7.00. The van der Waals surface area contributed by atoms with Gasteiger partial charge in [-0.2, -0.15) is 0 Å². The summed E-state index contributed by atoms with van der Waals surface area (Å²) in [7, 11) is 4.74. The van der Waals surface area contributed by atoms with Crippen molar-refractivity contribution in [2.45, 2.75) is 31.1 Å². The van der Waals surface area contributed by atoms with Crippen molar-refractivity contribution in [3.63, 3.8) is 0 Å². The first kappa shape index (κ1) is 22.5. The molecule has 3 atom stereocenters. The molecule has 1 saturated heterocycles. The Kier molecular flexibility index (Phi) is 6.30. The van der Waals surface area contributed by atoms with Gasteiger partial charge in [0, 0.05) is 13.1 Å². The molecule has 34 heavy (non-hydrogen) atoms. The highest BCUT2D eigenvalue weighted by molar-refractivity contribution is 5.77. The van der Waals surface area contributed by atoms with Crippen LogP contribution in [-0.4, -0.2) is 56.2 Å². The highest BCUT2D eigenvalue weighted by Crippen LogP contribution is 2.48. The fourth-order valence-electron chi connectivity index (χ4n) is 5.46. The second kappa shape index (κ2) is 9.52. The molecule has 0 unspecified atom stereocenters. The second-order valence-electron chi connectivity index (χ2n) is 8.67. The molecular formula is C27H30N2O5. The van der Waals surface area contributed by atoms with Gasteiger partial charge in [0.15, 0.2) is 11.5 Å². The molecule has 2 aromatic carbocycles. The third-order valence-electron chi connectivity index (χ3n) is 7.00. The van der Waals surface area contributed by atoms with Gasteiger partial charge in [0.25, 0.3) is 0 Å². The number of hydrogen-bond acceptors (Lipinski definition) is 7. The van der Waals surface area contributed by atoms with Crippen LogP contribution in [0.15, 0.2) is 65.3 Å². The van der Waals surface area contributed by atoms with Gasteiger partial charge in [-0.15, -0.1) is 0 Å². The van der Waals surface area contributed by atoms with Crippen LogP contribution in [0, 0.1) is 0 Å². The topological polar surface area (TPSA) is 64.4 Å². The van der Waals surface area contributed by atoms with Gasteiger partial charge >= 0.3 is 5.97 Å². The molecule has 5 rings (SSSR count). The predicted octanol–water partition coefficient (Wildman–Crippen LogP) is 3.99. The Morgan fingerprint density at radius 2 is 1.85 bits per heavy atom. The number of nitrogens with zero attached hydrogens (tertiary/aromatic N) is 2. The molecular weight excluding hydrogens is 432 g/mol. The second-order valence-corrected chi connectivity index (χ2v) is 8.67. The van der Waals surface area contributed by atoms with E-state index in [9.17, 15) is 4.79 Å². The van der Waals surface area contributed by atoms with Crippen molar-refractivity contribution in [2.24, 2.45) is 0 Å². The first-order valence-electron chi connectivity index (χ1n) is 11.6. The van der Waals surface area contributed by atoms with E-state index in [4.69, 9.17) is 18.6 Å². The van der Waals surface area contributed by atoms with Crippen molar-refractivity contribution < 1.29 is 23.4 Å². The summed E-state index contributed by atoms with van der Waals surface area (Å²) in [4.78, 5) is 17.8. The number of ether oxygens (including phenoxy) is 3. The van der Waals surface area contributed by atoms with E-state index in [0.717, 1.165) is 37.3 Å². The summed E-state index contributed by atoms with van der Waals surface area (Å²) in [6, 6.07) is 17.7. The summed E-state index contributed by atoms with van der Waals surface area (Å²) in [6.07, 6.45) is 3.30. The van der Waals surface area contributed by atoms with Crippen molar-refractivity contribution in [3.05, 3.63) is 83.3 Å². The molecule has 1 aromatic heterocycles. The van der Waals surface area contributed by atoms with Gasteiger partial charge in [0.05, 0.1) is 39.8 Å². The maximum Gasteiger partial charge on any atom is 0.325 e. The maximum atomic E-state index is 13.1. The average molecular weight is 463 g/mol. The summed E-state index contributed by atoms with van der Waals surface area (Å²) in [5.41, 5.74) is 3.70. The zero-order chi connectivity index (χ0) is 23.7. The molecule has 2 aliphatic heterocycles. The standard InChI is InChI=1S/C27H30N2O5/c1-31-21-11-10-18(17-23(21)32-2)12-14-28-24(22-9-6-16-34-22)25(27(30)33-3)29-15-13-19-7-4-5-8-20(19)26(28)29/h4-11,16-17,24-26H,12-15H2,1-3H3/t24-,25+,26-/m1/s1. The molecule has 0 bridgehead atoms. The number of fused-ring (bicyclic) bond motifs is 3. The molecule has 178 valence electrons. The summed E-state index contributed by atoms with van der Waals surface area (Å²) >= 11 is 0. The quantitative estimate of drug-likeness (QED) is 0.492. The lowest BCUT2D eigenvalue weighted by atomic mass is 9.96. The zero-order valence-corrected chi connectivity index (χ0v) is 19.8. The summed E-state index contributed by atoms with van der Waals surface area (Å²) < 4.78 is 22.1. The highest BCUT2D eigenvalue weighted by atomic mass is 16.5. The molecule has 2 aliphatic rings. The molecule has 0 amide bonds. The van der Waals surface area contributed by atoms with Crippen molar-refractivity contribution >= 4 is 5.97 Å². The summed E-state index contributed by atoms with van der Waals surface area (Å²) in [6.45, 7) is 1.51. The number of benzene rings is 2. The first-order valence-corrected chi connectivity index (χ1v) is 11.6. The van der Waals surface area contributed by atoms with E-state index in [2.05, 4.69) is 40.1 Å². The lowest BCUT2D eigenvalue weighted by molar-refractivity contribution is -0.147. The van der Waals surface area contributed by atoms with E-state index >= 15 is 0 Å². The fourth-order valence-corrected chi connectivity index (χ4v) is 5.46. The Bertz CT molecular complexity index is 1150. The SMILES string of the molecule is COC(=O)[C@@H]1[C@@H](c2ccco2)N(CCc2ccc(OC)c(OC)c2)[C@H]2c3ccccc3CCN21. The Hall–Kier alpha value is -3.29. The molecule has 7 heteroatoms. The lowest BCUT2D eigenvalue weighted by Crippen LogP contribution is -2.43. The van der Waals surface area contributed by atoms with Crippen LogP contribution in [0.1, 0.15) is 34.7 Å². The minimum absolute atomic E-state index is 0.0377. The van der Waals surface area contributed by atoms with Crippen LogP contribution in [0.25, 0.3) is 0 Å².